The maximum absolute atomic E-state index is 14.5. The number of pyridine rings is 2. The van der Waals surface area contributed by atoms with Crippen LogP contribution in [0.15, 0.2) is 48.7 Å². The SMILES string of the molecule is C[C@@H]1CN(c2nc(-c3ccnc(C4=C(F)[CH]C(F)C=C4)c3)nc3cncc(C4CC4)c23)C[C@H](C)N1. The Labute approximate surface area is 203 Å². The molecule has 3 atom stereocenters. The Kier molecular flexibility index (Phi) is 5.56. The van der Waals surface area contributed by atoms with E-state index in [0.717, 1.165) is 54.6 Å². The Morgan fingerprint density at radius 3 is 2.63 bits per heavy atom. The topological polar surface area (TPSA) is 66.8 Å². The summed E-state index contributed by atoms with van der Waals surface area (Å²) in [6.07, 6.45) is 9.98. The van der Waals surface area contributed by atoms with Crippen molar-refractivity contribution in [1.82, 2.24) is 25.3 Å². The summed E-state index contributed by atoms with van der Waals surface area (Å²) in [6, 6.07) is 4.24. The van der Waals surface area contributed by atoms with Gasteiger partial charge in [-0.15, -0.1) is 0 Å². The van der Waals surface area contributed by atoms with Crippen LogP contribution in [0.4, 0.5) is 14.6 Å². The lowest BCUT2D eigenvalue weighted by atomic mass is 10.0. The molecule has 3 aromatic heterocycles. The zero-order valence-corrected chi connectivity index (χ0v) is 19.7. The van der Waals surface area contributed by atoms with Gasteiger partial charge in [-0.3, -0.25) is 9.97 Å². The van der Waals surface area contributed by atoms with E-state index in [1.165, 1.54) is 17.7 Å². The van der Waals surface area contributed by atoms with E-state index in [4.69, 9.17) is 9.97 Å². The first-order valence-electron chi connectivity index (χ1n) is 12.2. The summed E-state index contributed by atoms with van der Waals surface area (Å²) in [4.78, 5) is 21.1. The highest BCUT2D eigenvalue weighted by Gasteiger charge is 2.31. The molecule has 0 bridgehead atoms. The van der Waals surface area contributed by atoms with Crippen LogP contribution in [0, 0.1) is 6.42 Å². The number of nitrogens with one attached hydrogen (secondary N) is 1. The second-order valence-corrected chi connectivity index (χ2v) is 9.80. The number of alkyl halides is 1. The van der Waals surface area contributed by atoms with Crippen molar-refractivity contribution in [2.75, 3.05) is 18.0 Å². The van der Waals surface area contributed by atoms with Crippen molar-refractivity contribution in [3.63, 3.8) is 0 Å². The highest BCUT2D eigenvalue weighted by atomic mass is 19.1. The van der Waals surface area contributed by atoms with E-state index in [-0.39, 0.29) is 5.57 Å². The molecule has 3 aromatic rings. The van der Waals surface area contributed by atoms with Gasteiger partial charge < -0.3 is 10.2 Å². The molecule has 1 radical (unpaired) electrons. The molecule has 1 N–H and O–H groups in total. The summed E-state index contributed by atoms with van der Waals surface area (Å²) in [6.45, 7) is 6.05. The number of rotatable bonds is 4. The van der Waals surface area contributed by atoms with Crippen LogP contribution in [0.2, 0.25) is 0 Å². The van der Waals surface area contributed by atoms with Crippen LogP contribution < -0.4 is 10.2 Å². The molecule has 0 aromatic carbocycles. The average molecular weight is 474 g/mol. The van der Waals surface area contributed by atoms with Crippen molar-refractivity contribution in [3.05, 3.63) is 66.4 Å². The quantitative estimate of drug-likeness (QED) is 0.579. The Balaban J connectivity index is 1.49. The monoisotopic (exact) mass is 473 g/mol. The van der Waals surface area contributed by atoms with Gasteiger partial charge in [-0.1, -0.05) is 6.08 Å². The molecule has 35 heavy (non-hydrogen) atoms. The number of nitrogens with zero attached hydrogens (tertiary/aromatic N) is 5. The number of piperazine rings is 1. The molecule has 179 valence electrons. The molecule has 4 heterocycles. The van der Waals surface area contributed by atoms with E-state index in [0.29, 0.717) is 29.5 Å². The number of halogens is 2. The zero-order chi connectivity index (χ0) is 24.1. The lowest BCUT2D eigenvalue weighted by Crippen LogP contribution is -2.54. The minimum atomic E-state index is -1.43. The van der Waals surface area contributed by atoms with Crippen molar-refractivity contribution in [2.45, 2.75) is 50.9 Å². The second kappa shape index (κ2) is 8.75. The van der Waals surface area contributed by atoms with Crippen LogP contribution in [0.25, 0.3) is 27.9 Å². The predicted molar refractivity (Wildman–Crippen MR) is 133 cm³/mol. The Bertz CT molecular complexity index is 1340. The number of hydrogen-bond acceptors (Lipinski definition) is 6. The fraction of sp³-hybridized carbons (Fsp3) is 0.370. The van der Waals surface area contributed by atoms with Crippen molar-refractivity contribution in [1.29, 1.82) is 0 Å². The number of fused-ring (bicyclic) bond motifs is 1. The molecule has 1 saturated carbocycles. The minimum Gasteiger partial charge on any atom is -0.353 e. The Morgan fingerprint density at radius 2 is 1.89 bits per heavy atom. The predicted octanol–water partition coefficient (Wildman–Crippen LogP) is 4.94. The van der Waals surface area contributed by atoms with Gasteiger partial charge in [-0.05, 0) is 56.4 Å². The first-order valence-corrected chi connectivity index (χ1v) is 12.2. The fourth-order valence-electron chi connectivity index (χ4n) is 5.13. The van der Waals surface area contributed by atoms with E-state index in [9.17, 15) is 8.78 Å². The van der Waals surface area contributed by atoms with Crippen LogP contribution in [0.1, 0.15) is 43.9 Å². The molecule has 0 amide bonds. The third kappa shape index (κ3) is 4.31. The summed E-state index contributed by atoms with van der Waals surface area (Å²) in [5.74, 6) is 1.35. The van der Waals surface area contributed by atoms with Gasteiger partial charge in [0.25, 0.3) is 0 Å². The number of anilines is 1. The standard InChI is InChI=1S/C27H27F2N6/c1-15-13-35(14-16(2)32-15)27-25-21(17-3-4-17)11-30-12-24(25)33-26(34-27)18-7-8-31-23(9-18)20-6-5-19(28)10-22(20)29/h5-12,15-17,19,32H,3-4,13-14H2,1-2H3/t15-,16+,19?. The number of allylic oxidation sites excluding steroid dienone is 4. The summed E-state index contributed by atoms with van der Waals surface area (Å²) < 4.78 is 28.0. The first-order chi connectivity index (χ1) is 17.0. The molecule has 3 aliphatic rings. The van der Waals surface area contributed by atoms with E-state index in [2.05, 4.69) is 34.0 Å². The van der Waals surface area contributed by atoms with Crippen molar-refractivity contribution >= 4 is 22.3 Å². The van der Waals surface area contributed by atoms with Gasteiger partial charge in [0.1, 0.15) is 17.8 Å². The molecule has 1 aliphatic heterocycles. The van der Waals surface area contributed by atoms with Gasteiger partial charge in [0.05, 0.1) is 23.8 Å². The normalized spacial score (nSPS) is 24.9. The fourth-order valence-corrected chi connectivity index (χ4v) is 5.13. The third-order valence-electron chi connectivity index (χ3n) is 6.79. The lowest BCUT2D eigenvalue weighted by molar-refractivity contribution is 0.406. The molecule has 6 nitrogen and oxygen atoms in total. The van der Waals surface area contributed by atoms with Crippen LogP contribution in [-0.2, 0) is 0 Å². The van der Waals surface area contributed by atoms with E-state index in [1.54, 1.807) is 18.5 Å². The largest absolute Gasteiger partial charge is 0.353 e. The van der Waals surface area contributed by atoms with Gasteiger partial charge in [0.2, 0.25) is 0 Å². The highest BCUT2D eigenvalue weighted by molar-refractivity contribution is 5.94. The van der Waals surface area contributed by atoms with E-state index >= 15 is 0 Å². The van der Waals surface area contributed by atoms with Gasteiger partial charge >= 0.3 is 0 Å². The third-order valence-corrected chi connectivity index (χ3v) is 6.79. The van der Waals surface area contributed by atoms with Crippen molar-refractivity contribution in [3.8, 4) is 11.4 Å². The van der Waals surface area contributed by atoms with Gasteiger partial charge in [-0.25, -0.2) is 18.7 Å². The van der Waals surface area contributed by atoms with Crippen LogP contribution >= 0.6 is 0 Å². The maximum Gasteiger partial charge on any atom is 0.162 e. The van der Waals surface area contributed by atoms with Gasteiger partial charge in [-0.2, -0.15) is 0 Å². The van der Waals surface area contributed by atoms with Crippen molar-refractivity contribution in [2.24, 2.45) is 0 Å². The Morgan fingerprint density at radius 1 is 1.09 bits per heavy atom. The highest BCUT2D eigenvalue weighted by Crippen LogP contribution is 2.45. The van der Waals surface area contributed by atoms with Gasteiger partial charge in [0, 0.05) is 54.1 Å². The first kappa shape index (κ1) is 22.2. The summed E-state index contributed by atoms with van der Waals surface area (Å²) in [7, 11) is 0. The molecule has 6 rings (SSSR count). The molecule has 0 spiro atoms. The van der Waals surface area contributed by atoms with Gasteiger partial charge in [0.15, 0.2) is 5.82 Å². The molecule has 1 unspecified atom stereocenters. The molecule has 1 saturated heterocycles. The molecular weight excluding hydrogens is 446 g/mol. The zero-order valence-electron chi connectivity index (χ0n) is 19.7. The summed E-state index contributed by atoms with van der Waals surface area (Å²) in [5, 5.41) is 4.67. The number of aromatic nitrogens is 4. The molecule has 2 fully saturated rings. The van der Waals surface area contributed by atoms with Crippen LogP contribution in [-0.4, -0.2) is 51.3 Å². The minimum absolute atomic E-state index is 0.254. The summed E-state index contributed by atoms with van der Waals surface area (Å²) in [5.41, 5.74) is 3.42. The van der Waals surface area contributed by atoms with Crippen molar-refractivity contribution < 1.29 is 8.78 Å². The van der Waals surface area contributed by atoms with Crippen LogP contribution in [0.3, 0.4) is 0 Å². The molecular formula is C27H27F2N6. The summed E-state index contributed by atoms with van der Waals surface area (Å²) >= 11 is 0. The Hall–Kier alpha value is -3.26. The average Bonchev–Trinajstić information content (AvgIpc) is 3.68. The molecule has 2 aliphatic carbocycles. The van der Waals surface area contributed by atoms with Crippen LogP contribution in [0.5, 0.6) is 0 Å². The lowest BCUT2D eigenvalue weighted by Gasteiger charge is -2.37. The van der Waals surface area contributed by atoms with E-state index < -0.39 is 12.0 Å². The van der Waals surface area contributed by atoms with E-state index in [1.807, 2.05) is 12.3 Å². The smallest absolute Gasteiger partial charge is 0.162 e. The second-order valence-electron chi connectivity index (χ2n) is 9.80. The molecule has 8 heteroatoms. The maximum atomic E-state index is 14.5. The number of hydrogen-bond donors (Lipinski definition) is 1.